The number of aliphatic hydroxyl groups excluding tert-OH is 1. The molecule has 2 N–H and O–H groups in total. The lowest BCUT2D eigenvalue weighted by Gasteiger charge is -2.14. The molecule has 1 heterocycles. The van der Waals surface area contributed by atoms with Gasteiger partial charge in [-0.3, -0.25) is 4.79 Å². The maximum Gasteiger partial charge on any atom is 0.225 e. The summed E-state index contributed by atoms with van der Waals surface area (Å²) in [5.41, 5.74) is 0. The first-order chi connectivity index (χ1) is 6.61. The SMILES string of the molecule is CC(O)CCNC(=O)C1CCOC1C. The first kappa shape index (κ1) is 11.5. The first-order valence-electron chi connectivity index (χ1n) is 5.18. The third kappa shape index (κ3) is 3.27. The van der Waals surface area contributed by atoms with E-state index in [0.29, 0.717) is 19.6 Å². The standard InChI is InChI=1S/C10H19NO3/c1-7(12)3-5-11-10(13)9-4-6-14-8(9)2/h7-9,12H,3-6H2,1-2H3,(H,11,13). The van der Waals surface area contributed by atoms with Gasteiger partial charge in [-0.05, 0) is 26.7 Å². The number of carbonyl (C=O) groups is 1. The number of amides is 1. The van der Waals surface area contributed by atoms with Crippen LogP contribution in [-0.4, -0.2) is 36.4 Å². The van der Waals surface area contributed by atoms with Gasteiger partial charge in [-0.15, -0.1) is 0 Å². The molecule has 82 valence electrons. The van der Waals surface area contributed by atoms with Crippen LogP contribution in [0.5, 0.6) is 0 Å². The highest BCUT2D eigenvalue weighted by molar-refractivity contribution is 5.79. The highest BCUT2D eigenvalue weighted by Crippen LogP contribution is 2.20. The van der Waals surface area contributed by atoms with Gasteiger partial charge in [-0.1, -0.05) is 0 Å². The van der Waals surface area contributed by atoms with Crippen LogP contribution in [0.1, 0.15) is 26.7 Å². The highest BCUT2D eigenvalue weighted by atomic mass is 16.5. The van der Waals surface area contributed by atoms with Gasteiger partial charge in [0.1, 0.15) is 0 Å². The quantitative estimate of drug-likeness (QED) is 0.687. The number of aliphatic hydroxyl groups is 1. The van der Waals surface area contributed by atoms with Crippen molar-refractivity contribution in [2.75, 3.05) is 13.2 Å². The maximum atomic E-state index is 11.6. The van der Waals surface area contributed by atoms with E-state index in [1.165, 1.54) is 0 Å². The van der Waals surface area contributed by atoms with Crippen LogP contribution < -0.4 is 5.32 Å². The Kier molecular flexibility index (Phi) is 4.35. The molecule has 1 amide bonds. The average molecular weight is 201 g/mol. The van der Waals surface area contributed by atoms with Crippen molar-refractivity contribution < 1.29 is 14.6 Å². The molecular formula is C10H19NO3. The largest absolute Gasteiger partial charge is 0.393 e. The Labute approximate surface area is 84.6 Å². The Bertz CT molecular complexity index is 194. The summed E-state index contributed by atoms with van der Waals surface area (Å²) >= 11 is 0. The zero-order valence-corrected chi connectivity index (χ0v) is 8.82. The summed E-state index contributed by atoms with van der Waals surface area (Å²) < 4.78 is 5.30. The van der Waals surface area contributed by atoms with Gasteiger partial charge in [0.2, 0.25) is 5.91 Å². The van der Waals surface area contributed by atoms with Crippen molar-refractivity contribution in [3.63, 3.8) is 0 Å². The summed E-state index contributed by atoms with van der Waals surface area (Å²) in [6, 6.07) is 0. The number of carbonyl (C=O) groups excluding carboxylic acids is 1. The van der Waals surface area contributed by atoms with E-state index >= 15 is 0 Å². The molecule has 3 unspecified atom stereocenters. The molecule has 0 spiro atoms. The molecule has 0 aromatic heterocycles. The molecule has 0 radical (unpaired) electrons. The van der Waals surface area contributed by atoms with Crippen LogP contribution in [0.3, 0.4) is 0 Å². The van der Waals surface area contributed by atoms with Crippen LogP contribution >= 0.6 is 0 Å². The van der Waals surface area contributed by atoms with Gasteiger partial charge in [0, 0.05) is 13.2 Å². The molecule has 4 heteroatoms. The van der Waals surface area contributed by atoms with Gasteiger partial charge < -0.3 is 15.2 Å². The summed E-state index contributed by atoms with van der Waals surface area (Å²) in [7, 11) is 0. The molecular weight excluding hydrogens is 182 g/mol. The molecule has 3 atom stereocenters. The third-order valence-electron chi connectivity index (χ3n) is 2.57. The van der Waals surface area contributed by atoms with E-state index in [9.17, 15) is 4.79 Å². The zero-order valence-electron chi connectivity index (χ0n) is 8.82. The normalized spacial score (nSPS) is 28.8. The van der Waals surface area contributed by atoms with Crippen molar-refractivity contribution >= 4 is 5.91 Å². The lowest BCUT2D eigenvalue weighted by atomic mass is 10.0. The van der Waals surface area contributed by atoms with Crippen molar-refractivity contribution in [3.05, 3.63) is 0 Å². The van der Waals surface area contributed by atoms with Crippen molar-refractivity contribution in [2.24, 2.45) is 5.92 Å². The van der Waals surface area contributed by atoms with E-state index in [1.807, 2.05) is 6.92 Å². The third-order valence-corrected chi connectivity index (χ3v) is 2.57. The van der Waals surface area contributed by atoms with Crippen molar-refractivity contribution in [2.45, 2.75) is 38.9 Å². The number of ether oxygens (including phenoxy) is 1. The number of hydrogen-bond donors (Lipinski definition) is 2. The molecule has 14 heavy (non-hydrogen) atoms. The molecule has 0 bridgehead atoms. The van der Waals surface area contributed by atoms with Crippen LogP contribution in [0.15, 0.2) is 0 Å². The summed E-state index contributed by atoms with van der Waals surface area (Å²) in [6.45, 7) is 4.86. The molecule has 1 rings (SSSR count). The summed E-state index contributed by atoms with van der Waals surface area (Å²) in [5.74, 6) is 0.0413. The fourth-order valence-corrected chi connectivity index (χ4v) is 1.61. The minimum Gasteiger partial charge on any atom is -0.393 e. The molecule has 1 aliphatic heterocycles. The van der Waals surface area contributed by atoms with E-state index in [0.717, 1.165) is 6.42 Å². The van der Waals surface area contributed by atoms with Crippen LogP contribution in [0.4, 0.5) is 0 Å². The zero-order chi connectivity index (χ0) is 10.6. The highest BCUT2D eigenvalue weighted by Gasteiger charge is 2.30. The first-order valence-corrected chi connectivity index (χ1v) is 5.18. The van der Waals surface area contributed by atoms with Crippen LogP contribution in [0, 0.1) is 5.92 Å². The Hall–Kier alpha value is -0.610. The fourth-order valence-electron chi connectivity index (χ4n) is 1.61. The van der Waals surface area contributed by atoms with Crippen molar-refractivity contribution in [3.8, 4) is 0 Å². The second-order valence-electron chi connectivity index (χ2n) is 3.90. The Morgan fingerprint density at radius 2 is 2.43 bits per heavy atom. The second-order valence-corrected chi connectivity index (χ2v) is 3.90. The number of nitrogens with one attached hydrogen (secondary N) is 1. The summed E-state index contributed by atoms with van der Waals surface area (Å²) in [6.07, 6.45) is 1.09. The molecule has 0 aromatic rings. The lowest BCUT2D eigenvalue weighted by Crippen LogP contribution is -2.35. The molecule has 1 aliphatic rings. The molecule has 4 nitrogen and oxygen atoms in total. The summed E-state index contributed by atoms with van der Waals surface area (Å²) in [4.78, 5) is 11.6. The minimum atomic E-state index is -0.354. The smallest absolute Gasteiger partial charge is 0.225 e. The molecule has 0 aliphatic carbocycles. The van der Waals surface area contributed by atoms with Gasteiger partial charge in [0.15, 0.2) is 0 Å². The van der Waals surface area contributed by atoms with E-state index in [2.05, 4.69) is 5.32 Å². The molecule has 0 saturated carbocycles. The lowest BCUT2D eigenvalue weighted by molar-refractivity contribution is -0.126. The molecule has 0 aromatic carbocycles. The number of hydrogen-bond acceptors (Lipinski definition) is 3. The van der Waals surface area contributed by atoms with Crippen LogP contribution in [0.2, 0.25) is 0 Å². The summed E-state index contributed by atoms with van der Waals surface area (Å²) in [5, 5.41) is 11.8. The number of rotatable bonds is 4. The van der Waals surface area contributed by atoms with Gasteiger partial charge in [0.25, 0.3) is 0 Å². The maximum absolute atomic E-state index is 11.6. The van der Waals surface area contributed by atoms with Crippen molar-refractivity contribution in [1.29, 1.82) is 0 Å². The topological polar surface area (TPSA) is 58.6 Å². The van der Waals surface area contributed by atoms with Gasteiger partial charge >= 0.3 is 0 Å². The van der Waals surface area contributed by atoms with Crippen LogP contribution in [0.25, 0.3) is 0 Å². The Morgan fingerprint density at radius 3 is 2.93 bits per heavy atom. The monoisotopic (exact) mass is 201 g/mol. The van der Waals surface area contributed by atoms with E-state index in [1.54, 1.807) is 6.92 Å². The molecule has 1 saturated heterocycles. The predicted molar refractivity (Wildman–Crippen MR) is 52.8 cm³/mol. The Morgan fingerprint density at radius 1 is 1.71 bits per heavy atom. The second kappa shape index (κ2) is 5.32. The fraction of sp³-hybridized carbons (Fsp3) is 0.900. The minimum absolute atomic E-state index is 0.0102. The van der Waals surface area contributed by atoms with E-state index in [-0.39, 0.29) is 24.0 Å². The van der Waals surface area contributed by atoms with Gasteiger partial charge in [-0.25, -0.2) is 0 Å². The van der Waals surface area contributed by atoms with Crippen LogP contribution in [-0.2, 0) is 9.53 Å². The average Bonchev–Trinajstić information content (AvgIpc) is 2.50. The van der Waals surface area contributed by atoms with Crippen molar-refractivity contribution in [1.82, 2.24) is 5.32 Å². The Balaban J connectivity index is 2.21. The van der Waals surface area contributed by atoms with E-state index < -0.39 is 0 Å². The van der Waals surface area contributed by atoms with Gasteiger partial charge in [-0.2, -0.15) is 0 Å². The van der Waals surface area contributed by atoms with Gasteiger partial charge in [0.05, 0.1) is 18.1 Å². The predicted octanol–water partition coefficient (Wildman–Crippen LogP) is 0.298. The molecule has 1 fully saturated rings. The van der Waals surface area contributed by atoms with E-state index in [4.69, 9.17) is 9.84 Å².